The van der Waals surface area contributed by atoms with Crippen molar-refractivity contribution in [2.75, 3.05) is 13.2 Å². The Labute approximate surface area is 132 Å². The highest BCUT2D eigenvalue weighted by molar-refractivity contribution is 7.20. The zero-order chi connectivity index (χ0) is 14.8. The van der Waals surface area contributed by atoms with Crippen LogP contribution in [0.1, 0.15) is 19.5 Å². The van der Waals surface area contributed by atoms with Gasteiger partial charge in [-0.25, -0.2) is 4.98 Å². The molecular weight excluding hydrogens is 304 g/mol. The SMILES string of the molecule is CC1CN(C(=O)Cc2csc(-c3cccs3)n2)C(C)CO1. The fourth-order valence-corrected chi connectivity index (χ4v) is 4.04. The van der Waals surface area contributed by atoms with Crippen molar-refractivity contribution in [3.8, 4) is 9.88 Å². The van der Waals surface area contributed by atoms with Gasteiger partial charge in [0, 0.05) is 11.9 Å². The van der Waals surface area contributed by atoms with Crippen LogP contribution in [-0.4, -0.2) is 41.1 Å². The maximum absolute atomic E-state index is 12.5. The molecule has 1 saturated heterocycles. The summed E-state index contributed by atoms with van der Waals surface area (Å²) in [5.41, 5.74) is 0.861. The lowest BCUT2D eigenvalue weighted by Crippen LogP contribution is -2.50. The second-order valence-corrected chi connectivity index (χ2v) is 7.14. The van der Waals surface area contributed by atoms with Crippen molar-refractivity contribution in [1.82, 2.24) is 9.88 Å². The van der Waals surface area contributed by atoms with Gasteiger partial charge >= 0.3 is 0 Å². The second-order valence-electron chi connectivity index (χ2n) is 5.34. The molecule has 0 aromatic carbocycles. The van der Waals surface area contributed by atoms with Crippen molar-refractivity contribution in [2.24, 2.45) is 0 Å². The average molecular weight is 322 g/mol. The lowest BCUT2D eigenvalue weighted by molar-refractivity contribution is -0.142. The van der Waals surface area contributed by atoms with E-state index in [4.69, 9.17) is 4.74 Å². The van der Waals surface area contributed by atoms with E-state index in [0.29, 0.717) is 19.6 Å². The van der Waals surface area contributed by atoms with E-state index >= 15 is 0 Å². The highest BCUT2D eigenvalue weighted by atomic mass is 32.1. The molecule has 2 atom stereocenters. The number of thiophene rings is 1. The predicted molar refractivity (Wildman–Crippen MR) is 85.7 cm³/mol. The number of thiazole rings is 1. The molecule has 3 rings (SSSR count). The van der Waals surface area contributed by atoms with Crippen molar-refractivity contribution in [3.63, 3.8) is 0 Å². The molecule has 112 valence electrons. The standard InChI is InChI=1S/C15H18N2O2S2/c1-10-8-19-11(2)7-17(10)14(18)6-12-9-21-15(16-12)13-4-3-5-20-13/h3-5,9-11H,6-8H2,1-2H3. The third kappa shape index (κ3) is 3.33. The van der Waals surface area contributed by atoms with Gasteiger partial charge in [-0.2, -0.15) is 0 Å². The molecule has 1 aliphatic heterocycles. The van der Waals surface area contributed by atoms with Crippen LogP contribution in [0.15, 0.2) is 22.9 Å². The summed E-state index contributed by atoms with van der Waals surface area (Å²) >= 11 is 3.27. The summed E-state index contributed by atoms with van der Waals surface area (Å²) < 4.78 is 5.57. The number of nitrogens with zero attached hydrogens (tertiary/aromatic N) is 2. The Bertz CT molecular complexity index is 609. The molecule has 2 aromatic heterocycles. The first-order chi connectivity index (χ1) is 10.1. The number of amides is 1. The Kier molecular flexibility index (Phi) is 4.37. The van der Waals surface area contributed by atoms with E-state index in [1.165, 1.54) is 0 Å². The summed E-state index contributed by atoms with van der Waals surface area (Å²) in [5.74, 6) is 0.140. The molecule has 6 heteroatoms. The number of hydrogen-bond donors (Lipinski definition) is 0. The highest BCUT2D eigenvalue weighted by Crippen LogP contribution is 2.28. The molecule has 1 aliphatic rings. The predicted octanol–water partition coefficient (Wildman–Crippen LogP) is 3.05. The van der Waals surface area contributed by atoms with Gasteiger partial charge in [-0.3, -0.25) is 4.79 Å². The van der Waals surface area contributed by atoms with E-state index in [1.54, 1.807) is 22.7 Å². The van der Waals surface area contributed by atoms with E-state index in [1.807, 2.05) is 35.6 Å². The zero-order valence-corrected chi connectivity index (χ0v) is 13.7. The average Bonchev–Trinajstić information content (AvgIpc) is 3.11. The molecule has 2 unspecified atom stereocenters. The number of ether oxygens (including phenoxy) is 1. The largest absolute Gasteiger partial charge is 0.375 e. The number of carbonyl (C=O) groups excluding carboxylic acids is 1. The Balaban J connectivity index is 1.67. The van der Waals surface area contributed by atoms with Crippen LogP contribution >= 0.6 is 22.7 Å². The number of hydrogen-bond acceptors (Lipinski definition) is 5. The van der Waals surface area contributed by atoms with E-state index < -0.39 is 0 Å². The van der Waals surface area contributed by atoms with Crippen LogP contribution < -0.4 is 0 Å². The fraction of sp³-hybridized carbons (Fsp3) is 0.467. The van der Waals surface area contributed by atoms with Gasteiger partial charge in [0.25, 0.3) is 0 Å². The van der Waals surface area contributed by atoms with E-state index in [9.17, 15) is 4.79 Å². The topological polar surface area (TPSA) is 42.4 Å². The van der Waals surface area contributed by atoms with Gasteiger partial charge in [0.1, 0.15) is 5.01 Å². The molecule has 1 fully saturated rings. The van der Waals surface area contributed by atoms with Crippen LogP contribution in [-0.2, 0) is 16.0 Å². The van der Waals surface area contributed by atoms with Gasteiger partial charge in [0.15, 0.2) is 0 Å². The highest BCUT2D eigenvalue weighted by Gasteiger charge is 2.27. The molecule has 0 spiro atoms. The minimum atomic E-state index is 0.113. The molecule has 1 amide bonds. The van der Waals surface area contributed by atoms with Gasteiger partial charge in [0.05, 0.1) is 35.7 Å². The molecule has 3 heterocycles. The van der Waals surface area contributed by atoms with Crippen LogP contribution in [0.5, 0.6) is 0 Å². The summed E-state index contributed by atoms with van der Waals surface area (Å²) in [6.45, 7) is 5.32. The van der Waals surface area contributed by atoms with Gasteiger partial charge in [-0.05, 0) is 25.3 Å². The monoisotopic (exact) mass is 322 g/mol. The third-order valence-corrected chi connectivity index (χ3v) is 5.47. The molecule has 21 heavy (non-hydrogen) atoms. The lowest BCUT2D eigenvalue weighted by Gasteiger charge is -2.36. The quantitative estimate of drug-likeness (QED) is 0.872. The normalized spacial score (nSPS) is 22.5. The first-order valence-electron chi connectivity index (χ1n) is 7.03. The third-order valence-electron chi connectivity index (χ3n) is 3.54. The first-order valence-corrected chi connectivity index (χ1v) is 8.79. The van der Waals surface area contributed by atoms with Crippen LogP contribution in [0.4, 0.5) is 0 Å². The molecular formula is C15H18N2O2S2. The van der Waals surface area contributed by atoms with E-state index in [2.05, 4.69) is 11.1 Å². The van der Waals surface area contributed by atoms with Gasteiger partial charge < -0.3 is 9.64 Å². The first kappa shape index (κ1) is 14.7. The molecule has 2 aromatic rings. The minimum Gasteiger partial charge on any atom is -0.375 e. The Morgan fingerprint density at radius 1 is 1.48 bits per heavy atom. The minimum absolute atomic E-state index is 0.113. The summed E-state index contributed by atoms with van der Waals surface area (Å²) in [7, 11) is 0. The smallest absolute Gasteiger partial charge is 0.229 e. The number of morpholine rings is 1. The fourth-order valence-electron chi connectivity index (χ4n) is 2.41. The molecule has 0 saturated carbocycles. The van der Waals surface area contributed by atoms with Crippen molar-refractivity contribution in [3.05, 3.63) is 28.6 Å². The Morgan fingerprint density at radius 3 is 3.10 bits per heavy atom. The van der Waals surface area contributed by atoms with Crippen molar-refractivity contribution < 1.29 is 9.53 Å². The van der Waals surface area contributed by atoms with Gasteiger partial charge in [-0.15, -0.1) is 22.7 Å². The van der Waals surface area contributed by atoms with Crippen molar-refractivity contribution in [1.29, 1.82) is 0 Å². The van der Waals surface area contributed by atoms with E-state index in [-0.39, 0.29) is 18.1 Å². The lowest BCUT2D eigenvalue weighted by atomic mass is 10.2. The molecule has 0 aliphatic carbocycles. The van der Waals surface area contributed by atoms with Crippen LogP contribution in [0.3, 0.4) is 0 Å². The molecule has 0 radical (unpaired) electrons. The number of aromatic nitrogens is 1. The van der Waals surface area contributed by atoms with Crippen molar-refractivity contribution in [2.45, 2.75) is 32.4 Å². The summed E-state index contributed by atoms with van der Waals surface area (Å²) in [6.07, 6.45) is 0.487. The second kappa shape index (κ2) is 6.25. The number of rotatable bonds is 3. The summed E-state index contributed by atoms with van der Waals surface area (Å²) in [6, 6.07) is 4.22. The Morgan fingerprint density at radius 2 is 2.33 bits per heavy atom. The molecule has 0 N–H and O–H groups in total. The van der Waals surface area contributed by atoms with Crippen LogP contribution in [0.25, 0.3) is 9.88 Å². The maximum Gasteiger partial charge on any atom is 0.229 e. The van der Waals surface area contributed by atoms with Crippen LogP contribution in [0, 0.1) is 0 Å². The molecule has 0 bridgehead atoms. The number of carbonyl (C=O) groups is 1. The zero-order valence-electron chi connectivity index (χ0n) is 12.1. The van der Waals surface area contributed by atoms with Gasteiger partial charge in [-0.1, -0.05) is 6.07 Å². The molecule has 4 nitrogen and oxygen atoms in total. The van der Waals surface area contributed by atoms with E-state index in [0.717, 1.165) is 15.6 Å². The Hall–Kier alpha value is -1.24. The van der Waals surface area contributed by atoms with Crippen LogP contribution in [0.2, 0.25) is 0 Å². The summed E-state index contributed by atoms with van der Waals surface area (Å²) in [5, 5.41) is 5.02. The van der Waals surface area contributed by atoms with Gasteiger partial charge in [0.2, 0.25) is 5.91 Å². The summed E-state index contributed by atoms with van der Waals surface area (Å²) in [4.78, 5) is 20.1. The maximum atomic E-state index is 12.5. The van der Waals surface area contributed by atoms with Crippen molar-refractivity contribution >= 4 is 28.6 Å².